The van der Waals surface area contributed by atoms with E-state index in [4.69, 9.17) is 4.74 Å². The van der Waals surface area contributed by atoms with Crippen molar-refractivity contribution in [3.8, 4) is 5.75 Å². The molecule has 1 aromatic carbocycles. The molecule has 1 fully saturated rings. The van der Waals surface area contributed by atoms with Crippen LogP contribution in [0.25, 0.3) is 0 Å². The van der Waals surface area contributed by atoms with Crippen LogP contribution in [0.4, 0.5) is 0 Å². The molecule has 1 aliphatic carbocycles. The summed E-state index contributed by atoms with van der Waals surface area (Å²) in [4.78, 5) is 12.1. The maximum absolute atomic E-state index is 12.1. The Balaban J connectivity index is 2.00. The smallest absolute Gasteiger partial charge is 0.243 e. The van der Waals surface area contributed by atoms with E-state index < -0.39 is 0 Å². The van der Waals surface area contributed by atoms with E-state index in [1.807, 2.05) is 25.1 Å². The molecule has 0 unspecified atom stereocenters. The lowest BCUT2D eigenvalue weighted by Gasteiger charge is -2.19. The molecule has 1 N–H and O–H groups in total. The number of ether oxygens (including phenoxy) is 1. The van der Waals surface area contributed by atoms with Gasteiger partial charge in [0.05, 0.1) is 17.3 Å². The van der Waals surface area contributed by atoms with E-state index in [1.54, 1.807) is 7.11 Å². The minimum Gasteiger partial charge on any atom is -0.496 e. The van der Waals surface area contributed by atoms with Crippen LogP contribution >= 0.6 is 15.9 Å². The van der Waals surface area contributed by atoms with Gasteiger partial charge in [-0.25, -0.2) is 5.43 Å². The number of hydrogen-bond acceptors (Lipinski definition) is 3. The number of nitrogens with one attached hydrogen (secondary N) is 1. The van der Waals surface area contributed by atoms with Crippen molar-refractivity contribution in [3.05, 3.63) is 28.2 Å². The summed E-state index contributed by atoms with van der Waals surface area (Å²) in [5.74, 6) is 0.942. The second-order valence-corrected chi connectivity index (χ2v) is 6.21. The zero-order valence-electron chi connectivity index (χ0n) is 12.5. The van der Waals surface area contributed by atoms with E-state index >= 15 is 0 Å². The molecule has 2 rings (SSSR count). The van der Waals surface area contributed by atoms with Gasteiger partial charge in [0.15, 0.2) is 0 Å². The molecule has 0 bridgehead atoms. The predicted molar refractivity (Wildman–Crippen MR) is 87.6 cm³/mol. The SMILES string of the molecule is COc1ccc(/C(C)=N\NC(=O)C2CCCCC2)cc1Br. The predicted octanol–water partition coefficient (Wildman–Crippen LogP) is 3.88. The van der Waals surface area contributed by atoms with Gasteiger partial charge in [0.25, 0.3) is 0 Å². The number of carbonyl (C=O) groups is 1. The first-order chi connectivity index (χ1) is 10.1. The summed E-state index contributed by atoms with van der Waals surface area (Å²) in [5, 5.41) is 4.22. The quantitative estimate of drug-likeness (QED) is 0.660. The molecular formula is C16H21BrN2O2. The summed E-state index contributed by atoms with van der Waals surface area (Å²) in [6.45, 7) is 1.88. The third-order valence-electron chi connectivity index (χ3n) is 3.88. The van der Waals surface area contributed by atoms with E-state index in [0.29, 0.717) is 0 Å². The molecule has 0 aliphatic heterocycles. The van der Waals surface area contributed by atoms with Gasteiger partial charge >= 0.3 is 0 Å². The molecule has 5 heteroatoms. The zero-order chi connectivity index (χ0) is 15.2. The number of nitrogens with zero attached hydrogens (tertiary/aromatic N) is 1. The monoisotopic (exact) mass is 352 g/mol. The molecule has 1 aliphatic rings. The van der Waals surface area contributed by atoms with Crippen molar-refractivity contribution in [2.24, 2.45) is 11.0 Å². The molecule has 4 nitrogen and oxygen atoms in total. The van der Waals surface area contributed by atoms with Gasteiger partial charge in [-0.05, 0) is 59.5 Å². The second-order valence-electron chi connectivity index (χ2n) is 5.36. The summed E-state index contributed by atoms with van der Waals surface area (Å²) in [7, 11) is 1.63. The van der Waals surface area contributed by atoms with Crippen LogP contribution in [0.15, 0.2) is 27.8 Å². The molecule has 1 aromatic rings. The van der Waals surface area contributed by atoms with Gasteiger partial charge in [-0.15, -0.1) is 0 Å². The van der Waals surface area contributed by atoms with Gasteiger partial charge in [0, 0.05) is 5.92 Å². The van der Waals surface area contributed by atoms with Crippen LogP contribution in [0, 0.1) is 5.92 Å². The minimum atomic E-state index is 0.0432. The lowest BCUT2D eigenvalue weighted by atomic mass is 9.89. The molecule has 0 spiro atoms. The summed E-state index contributed by atoms with van der Waals surface area (Å²) < 4.78 is 6.07. The minimum absolute atomic E-state index is 0.0432. The Morgan fingerprint density at radius 1 is 1.33 bits per heavy atom. The third kappa shape index (κ3) is 4.30. The Kier molecular flexibility index (Phi) is 5.79. The van der Waals surface area contributed by atoms with Gasteiger partial charge in [0.2, 0.25) is 5.91 Å². The topological polar surface area (TPSA) is 50.7 Å². The third-order valence-corrected chi connectivity index (χ3v) is 4.50. The van der Waals surface area contributed by atoms with Gasteiger partial charge in [0.1, 0.15) is 5.75 Å². The molecule has 0 aromatic heterocycles. The molecule has 1 amide bonds. The number of amides is 1. The molecular weight excluding hydrogens is 332 g/mol. The van der Waals surface area contributed by atoms with E-state index in [-0.39, 0.29) is 11.8 Å². The van der Waals surface area contributed by atoms with E-state index in [0.717, 1.165) is 47.2 Å². The number of rotatable bonds is 4. The Hall–Kier alpha value is -1.36. The lowest BCUT2D eigenvalue weighted by Crippen LogP contribution is -2.29. The van der Waals surface area contributed by atoms with Crippen molar-refractivity contribution in [1.82, 2.24) is 5.43 Å². The van der Waals surface area contributed by atoms with Crippen LogP contribution in [0.3, 0.4) is 0 Å². The van der Waals surface area contributed by atoms with Gasteiger partial charge in [-0.2, -0.15) is 5.10 Å². The first-order valence-corrected chi connectivity index (χ1v) is 8.09. The van der Waals surface area contributed by atoms with Crippen molar-refractivity contribution < 1.29 is 9.53 Å². The molecule has 0 radical (unpaired) electrons. The molecule has 0 heterocycles. The number of hydrazone groups is 1. The van der Waals surface area contributed by atoms with E-state index in [9.17, 15) is 4.79 Å². The first kappa shape index (κ1) is 16.0. The fourth-order valence-corrected chi connectivity index (χ4v) is 3.09. The van der Waals surface area contributed by atoms with Gasteiger partial charge < -0.3 is 4.74 Å². The standard InChI is InChI=1S/C16H21BrN2O2/c1-11(13-8-9-15(21-2)14(17)10-13)18-19-16(20)12-6-4-3-5-7-12/h8-10,12H,3-7H2,1-2H3,(H,19,20)/b18-11-. The highest BCUT2D eigenvalue weighted by Gasteiger charge is 2.20. The molecule has 0 atom stereocenters. The maximum Gasteiger partial charge on any atom is 0.243 e. The molecule has 114 valence electrons. The highest BCUT2D eigenvalue weighted by atomic mass is 79.9. The van der Waals surface area contributed by atoms with Crippen LogP contribution in [0.1, 0.15) is 44.6 Å². The molecule has 21 heavy (non-hydrogen) atoms. The number of benzene rings is 1. The maximum atomic E-state index is 12.1. The highest BCUT2D eigenvalue weighted by Crippen LogP contribution is 2.26. The van der Waals surface area contributed by atoms with Crippen molar-refractivity contribution in [2.45, 2.75) is 39.0 Å². The zero-order valence-corrected chi connectivity index (χ0v) is 14.1. The molecule has 1 saturated carbocycles. The fraction of sp³-hybridized carbons (Fsp3) is 0.500. The van der Waals surface area contributed by atoms with Crippen molar-refractivity contribution in [2.75, 3.05) is 7.11 Å². The van der Waals surface area contributed by atoms with Gasteiger partial charge in [-0.1, -0.05) is 19.3 Å². The van der Waals surface area contributed by atoms with Crippen LogP contribution < -0.4 is 10.2 Å². The highest BCUT2D eigenvalue weighted by molar-refractivity contribution is 9.10. The van der Waals surface area contributed by atoms with Crippen LogP contribution in [-0.4, -0.2) is 18.7 Å². The number of carbonyl (C=O) groups excluding carboxylic acids is 1. The Morgan fingerprint density at radius 3 is 2.67 bits per heavy atom. The summed E-state index contributed by atoms with van der Waals surface area (Å²) >= 11 is 3.45. The van der Waals surface area contributed by atoms with Gasteiger partial charge in [-0.3, -0.25) is 4.79 Å². The van der Waals surface area contributed by atoms with E-state index in [2.05, 4.69) is 26.5 Å². The van der Waals surface area contributed by atoms with Crippen LogP contribution in [0.2, 0.25) is 0 Å². The van der Waals surface area contributed by atoms with Crippen molar-refractivity contribution in [1.29, 1.82) is 0 Å². The van der Waals surface area contributed by atoms with E-state index in [1.165, 1.54) is 6.42 Å². The summed E-state index contributed by atoms with van der Waals surface area (Å²) in [5.41, 5.74) is 4.43. The van der Waals surface area contributed by atoms with Crippen LogP contribution in [-0.2, 0) is 4.79 Å². The largest absolute Gasteiger partial charge is 0.496 e. The average molecular weight is 353 g/mol. The normalized spacial score (nSPS) is 16.6. The number of halogens is 1. The Bertz CT molecular complexity index is 537. The Labute approximate surface area is 134 Å². The van der Waals surface area contributed by atoms with Crippen LogP contribution in [0.5, 0.6) is 5.75 Å². The fourth-order valence-electron chi connectivity index (χ4n) is 2.55. The summed E-state index contributed by atoms with van der Waals surface area (Å²) in [6.07, 6.45) is 5.49. The average Bonchev–Trinajstić information content (AvgIpc) is 2.53. The first-order valence-electron chi connectivity index (χ1n) is 7.30. The summed E-state index contributed by atoms with van der Waals surface area (Å²) in [6, 6.07) is 5.74. The van der Waals surface area contributed by atoms with Crippen molar-refractivity contribution in [3.63, 3.8) is 0 Å². The molecule has 0 saturated heterocycles. The van der Waals surface area contributed by atoms with Crippen molar-refractivity contribution >= 4 is 27.5 Å². The second kappa shape index (κ2) is 7.59. The number of hydrogen-bond donors (Lipinski definition) is 1. The Morgan fingerprint density at radius 2 is 2.05 bits per heavy atom. The number of methoxy groups -OCH3 is 1. The lowest BCUT2D eigenvalue weighted by molar-refractivity contribution is -0.125.